The zero-order chi connectivity index (χ0) is 22.5. The Kier molecular flexibility index (Phi) is 4.82. The maximum absolute atomic E-state index is 6.00. The van der Waals surface area contributed by atoms with Crippen molar-refractivity contribution < 1.29 is 4.42 Å². The van der Waals surface area contributed by atoms with E-state index in [4.69, 9.17) is 4.42 Å². The van der Waals surface area contributed by atoms with Gasteiger partial charge in [0.25, 0.3) is 0 Å². The first-order chi connectivity index (χ1) is 15.3. The predicted octanol–water partition coefficient (Wildman–Crippen LogP) is 8.91. The number of anilines is 2. The van der Waals surface area contributed by atoms with Crippen LogP contribution >= 0.6 is 0 Å². The average Bonchev–Trinajstić information content (AvgIpc) is 3.12. The molecule has 0 radical (unpaired) electrons. The van der Waals surface area contributed by atoms with Crippen molar-refractivity contribution in [2.75, 3.05) is 5.32 Å². The van der Waals surface area contributed by atoms with E-state index in [0.717, 1.165) is 33.3 Å². The highest BCUT2D eigenvalue weighted by atomic mass is 16.3. The number of fused-ring (bicyclic) bond motifs is 3. The normalized spacial score (nSPS) is 11.9. The first-order valence-corrected chi connectivity index (χ1v) is 11.2. The van der Waals surface area contributed by atoms with Gasteiger partial charge in [0, 0.05) is 27.7 Å². The van der Waals surface area contributed by atoms with Crippen molar-refractivity contribution in [1.29, 1.82) is 0 Å². The van der Waals surface area contributed by atoms with Crippen molar-refractivity contribution in [3.8, 4) is 11.1 Å². The van der Waals surface area contributed by atoms with E-state index in [2.05, 4.69) is 107 Å². The van der Waals surface area contributed by atoms with Crippen molar-refractivity contribution in [2.45, 2.75) is 40.0 Å². The number of hydrogen-bond acceptors (Lipinski definition) is 2. The molecule has 160 valence electrons. The van der Waals surface area contributed by atoms with Gasteiger partial charge in [-0.05, 0) is 71.8 Å². The summed E-state index contributed by atoms with van der Waals surface area (Å²) in [6, 6.07) is 27.9. The van der Waals surface area contributed by atoms with Crippen LogP contribution in [0.3, 0.4) is 0 Å². The number of nitrogens with one attached hydrogen (secondary N) is 1. The third-order valence-electron chi connectivity index (χ3n) is 6.30. The highest BCUT2D eigenvalue weighted by Crippen LogP contribution is 2.38. The lowest BCUT2D eigenvalue weighted by Gasteiger charge is -2.23. The number of para-hydroxylation sites is 1. The zero-order valence-electron chi connectivity index (χ0n) is 19.4. The molecular weight excluding hydrogens is 390 g/mol. The minimum absolute atomic E-state index is 0.103. The zero-order valence-corrected chi connectivity index (χ0v) is 19.4. The van der Waals surface area contributed by atoms with Gasteiger partial charge in [0.1, 0.15) is 11.2 Å². The van der Waals surface area contributed by atoms with Crippen LogP contribution in [0.25, 0.3) is 33.1 Å². The first kappa shape index (κ1) is 20.4. The molecule has 4 aromatic carbocycles. The number of furan rings is 1. The molecule has 0 amide bonds. The van der Waals surface area contributed by atoms with E-state index in [9.17, 15) is 0 Å². The van der Waals surface area contributed by atoms with Gasteiger partial charge in [-0.25, -0.2) is 0 Å². The summed E-state index contributed by atoms with van der Waals surface area (Å²) in [5, 5.41) is 5.98. The van der Waals surface area contributed by atoms with Crippen LogP contribution in [-0.2, 0) is 5.41 Å². The van der Waals surface area contributed by atoms with Gasteiger partial charge in [-0.3, -0.25) is 0 Å². The molecule has 32 heavy (non-hydrogen) atoms. The monoisotopic (exact) mass is 419 g/mol. The second-order valence-corrected chi connectivity index (χ2v) is 9.71. The number of hydrogen-bond donors (Lipinski definition) is 1. The maximum Gasteiger partial charge on any atom is 0.135 e. The van der Waals surface area contributed by atoms with Crippen molar-refractivity contribution in [1.82, 2.24) is 0 Å². The smallest absolute Gasteiger partial charge is 0.135 e. The van der Waals surface area contributed by atoms with Gasteiger partial charge in [-0.2, -0.15) is 0 Å². The van der Waals surface area contributed by atoms with Crippen LogP contribution in [-0.4, -0.2) is 0 Å². The van der Waals surface area contributed by atoms with Crippen molar-refractivity contribution in [2.24, 2.45) is 0 Å². The topological polar surface area (TPSA) is 25.2 Å². The van der Waals surface area contributed by atoms with Crippen LogP contribution in [0.1, 0.15) is 37.5 Å². The summed E-state index contributed by atoms with van der Waals surface area (Å²) in [6.07, 6.45) is 0. The molecule has 0 atom stereocenters. The fourth-order valence-corrected chi connectivity index (χ4v) is 4.45. The molecule has 1 N–H and O–H groups in total. The van der Waals surface area contributed by atoms with Crippen LogP contribution in [0.15, 0.2) is 83.3 Å². The van der Waals surface area contributed by atoms with E-state index >= 15 is 0 Å². The molecule has 1 heterocycles. The Balaban J connectivity index is 1.62. The minimum atomic E-state index is 0.103. The summed E-state index contributed by atoms with van der Waals surface area (Å²) in [6.45, 7) is 11.2. The lowest BCUT2D eigenvalue weighted by Crippen LogP contribution is -2.11. The molecule has 0 bridgehead atoms. The Morgan fingerprint density at radius 1 is 0.688 bits per heavy atom. The van der Waals surface area contributed by atoms with Gasteiger partial charge < -0.3 is 9.73 Å². The Bertz CT molecular complexity index is 1450. The van der Waals surface area contributed by atoms with Gasteiger partial charge >= 0.3 is 0 Å². The second kappa shape index (κ2) is 7.56. The fourth-order valence-electron chi connectivity index (χ4n) is 4.45. The SMILES string of the molecule is Cc1ccc(C(C)(C)C)cc1-c1c(C)cccc1Nc1ccc2oc3ccccc3c2c1. The molecule has 1 aromatic heterocycles. The maximum atomic E-state index is 6.00. The van der Waals surface area contributed by atoms with Crippen LogP contribution < -0.4 is 5.32 Å². The van der Waals surface area contributed by atoms with Crippen molar-refractivity contribution >= 4 is 33.3 Å². The summed E-state index contributed by atoms with van der Waals surface area (Å²) in [5.41, 5.74) is 10.5. The largest absolute Gasteiger partial charge is 0.456 e. The Morgan fingerprint density at radius 2 is 1.47 bits per heavy atom. The predicted molar refractivity (Wildman–Crippen MR) is 137 cm³/mol. The molecule has 0 unspecified atom stereocenters. The van der Waals surface area contributed by atoms with E-state index < -0.39 is 0 Å². The minimum Gasteiger partial charge on any atom is -0.456 e. The molecule has 2 heteroatoms. The molecule has 5 rings (SSSR count). The van der Waals surface area contributed by atoms with Gasteiger partial charge in [0.15, 0.2) is 0 Å². The van der Waals surface area contributed by atoms with Crippen LogP contribution in [0.2, 0.25) is 0 Å². The fraction of sp³-hybridized carbons (Fsp3) is 0.200. The van der Waals surface area contributed by atoms with E-state index in [0.29, 0.717) is 0 Å². The Morgan fingerprint density at radius 3 is 2.28 bits per heavy atom. The molecule has 0 aliphatic rings. The van der Waals surface area contributed by atoms with Crippen molar-refractivity contribution in [3.05, 3.63) is 95.6 Å². The second-order valence-electron chi connectivity index (χ2n) is 9.71. The van der Waals surface area contributed by atoms with Crippen molar-refractivity contribution in [3.63, 3.8) is 0 Å². The standard InChI is InChI=1S/C30H29NO/c1-19-13-14-21(30(3,4)5)17-24(19)29-20(2)9-8-11-26(29)31-22-15-16-28-25(18-22)23-10-6-7-12-27(23)32-28/h6-18,31H,1-5H3. The van der Waals surface area contributed by atoms with Crippen LogP contribution in [0.4, 0.5) is 11.4 Å². The molecule has 0 aliphatic heterocycles. The summed E-state index contributed by atoms with van der Waals surface area (Å²) >= 11 is 0. The summed E-state index contributed by atoms with van der Waals surface area (Å²) in [7, 11) is 0. The van der Waals surface area contributed by atoms with Gasteiger partial charge in [-0.1, -0.05) is 69.3 Å². The molecule has 0 fully saturated rings. The summed E-state index contributed by atoms with van der Waals surface area (Å²) < 4.78 is 6.00. The van der Waals surface area contributed by atoms with E-state index in [1.54, 1.807) is 0 Å². The van der Waals surface area contributed by atoms with Gasteiger partial charge in [0.05, 0.1) is 0 Å². The molecule has 2 nitrogen and oxygen atoms in total. The molecular formula is C30H29NO. The number of benzene rings is 4. The molecule has 5 aromatic rings. The van der Waals surface area contributed by atoms with E-state index in [1.165, 1.54) is 27.8 Å². The highest BCUT2D eigenvalue weighted by molar-refractivity contribution is 6.06. The molecule has 0 spiro atoms. The van der Waals surface area contributed by atoms with Gasteiger partial charge in [-0.15, -0.1) is 0 Å². The van der Waals surface area contributed by atoms with E-state index in [-0.39, 0.29) is 5.41 Å². The Hall–Kier alpha value is -3.52. The number of aryl methyl sites for hydroxylation is 2. The average molecular weight is 420 g/mol. The lowest BCUT2D eigenvalue weighted by atomic mass is 9.83. The quantitative estimate of drug-likeness (QED) is 0.316. The summed E-state index contributed by atoms with van der Waals surface area (Å²) in [5.74, 6) is 0. The molecule has 0 aliphatic carbocycles. The Labute approximate surface area is 189 Å². The number of rotatable bonds is 3. The third-order valence-corrected chi connectivity index (χ3v) is 6.30. The van der Waals surface area contributed by atoms with Crippen LogP contribution in [0.5, 0.6) is 0 Å². The highest BCUT2D eigenvalue weighted by Gasteiger charge is 2.18. The first-order valence-electron chi connectivity index (χ1n) is 11.2. The third kappa shape index (κ3) is 3.56. The van der Waals surface area contributed by atoms with E-state index in [1.807, 2.05) is 12.1 Å². The van der Waals surface area contributed by atoms with Crippen LogP contribution in [0, 0.1) is 13.8 Å². The van der Waals surface area contributed by atoms with Gasteiger partial charge in [0.2, 0.25) is 0 Å². The molecule has 0 saturated carbocycles. The molecule has 0 saturated heterocycles. The summed E-state index contributed by atoms with van der Waals surface area (Å²) in [4.78, 5) is 0. The lowest BCUT2D eigenvalue weighted by molar-refractivity contribution is 0.590.